The molecule has 0 aromatic heterocycles. The molecule has 0 unspecified atom stereocenters. The Morgan fingerprint density at radius 1 is 0.929 bits per heavy atom. The molecule has 1 heterocycles. The summed E-state index contributed by atoms with van der Waals surface area (Å²) in [5.41, 5.74) is 0.839. The van der Waals surface area contributed by atoms with Crippen molar-refractivity contribution < 1.29 is 26.7 Å². The van der Waals surface area contributed by atoms with E-state index in [9.17, 15) is 26.7 Å². The maximum Gasteiger partial charge on any atom is 0.335 e. The largest absolute Gasteiger partial charge is 0.478 e. The van der Waals surface area contributed by atoms with E-state index in [0.29, 0.717) is 24.3 Å². The first-order valence-electron chi connectivity index (χ1n) is 8.31. The standard InChI is InChI=1S/C17H19N3O6S2/c18-27(23,24)13-5-3-11(4-6-13)16-14(20-7-1-2-8-20)9-12(17(21)22)10-15(16)28(19,25)26/h3-6,9-10H,1-2,7-8H2,(H,21,22)(H2,18,23,24)(H2,19,25,26). The number of hydrogen-bond donors (Lipinski definition) is 3. The van der Waals surface area contributed by atoms with Gasteiger partial charge in [0, 0.05) is 24.3 Å². The van der Waals surface area contributed by atoms with E-state index in [2.05, 4.69) is 0 Å². The van der Waals surface area contributed by atoms with Gasteiger partial charge in [-0.25, -0.2) is 31.9 Å². The Balaban J connectivity index is 2.32. The maximum atomic E-state index is 12.2. The average Bonchev–Trinajstić information content (AvgIpc) is 3.13. The molecule has 1 fully saturated rings. The molecule has 2 aromatic carbocycles. The van der Waals surface area contributed by atoms with Gasteiger partial charge in [-0.2, -0.15) is 0 Å². The van der Waals surface area contributed by atoms with E-state index in [1.54, 1.807) is 0 Å². The van der Waals surface area contributed by atoms with Crippen LogP contribution in [0, 0.1) is 0 Å². The van der Waals surface area contributed by atoms with Crippen molar-refractivity contribution in [1.29, 1.82) is 0 Å². The second kappa shape index (κ2) is 7.17. The first-order valence-corrected chi connectivity index (χ1v) is 11.4. The number of carbonyl (C=O) groups is 1. The van der Waals surface area contributed by atoms with E-state index in [-0.39, 0.29) is 20.9 Å². The zero-order valence-corrected chi connectivity index (χ0v) is 16.3. The first kappa shape index (κ1) is 20.3. The van der Waals surface area contributed by atoms with Crippen LogP contribution in [0.15, 0.2) is 46.2 Å². The number of sulfonamides is 2. The summed E-state index contributed by atoms with van der Waals surface area (Å²) < 4.78 is 47.5. The van der Waals surface area contributed by atoms with Crippen LogP contribution in [0.4, 0.5) is 5.69 Å². The molecule has 0 saturated carbocycles. The molecule has 1 aliphatic rings. The number of benzene rings is 2. The summed E-state index contributed by atoms with van der Waals surface area (Å²) in [5, 5.41) is 19.9. The fourth-order valence-electron chi connectivity index (χ4n) is 3.26. The Bertz CT molecular complexity index is 1140. The normalized spacial score (nSPS) is 15.0. The highest BCUT2D eigenvalue weighted by atomic mass is 32.2. The quantitative estimate of drug-likeness (QED) is 0.642. The summed E-state index contributed by atoms with van der Waals surface area (Å²) in [4.78, 5) is 12.9. The van der Waals surface area contributed by atoms with E-state index in [1.807, 2.05) is 4.90 Å². The Morgan fingerprint density at radius 2 is 1.50 bits per heavy atom. The summed E-state index contributed by atoms with van der Waals surface area (Å²) in [6.07, 6.45) is 1.76. The third-order valence-corrected chi connectivity index (χ3v) is 6.42. The van der Waals surface area contributed by atoms with Crippen LogP contribution in [0.2, 0.25) is 0 Å². The van der Waals surface area contributed by atoms with Crippen molar-refractivity contribution in [3.05, 3.63) is 42.0 Å². The average molecular weight is 425 g/mol. The zero-order valence-electron chi connectivity index (χ0n) is 14.7. The molecule has 3 rings (SSSR count). The number of aromatic carboxylic acids is 1. The van der Waals surface area contributed by atoms with Gasteiger partial charge in [0.15, 0.2) is 0 Å². The van der Waals surface area contributed by atoms with E-state index in [1.165, 1.54) is 30.3 Å². The number of nitrogens with zero attached hydrogens (tertiary/aromatic N) is 1. The highest BCUT2D eigenvalue weighted by Crippen LogP contribution is 2.39. The van der Waals surface area contributed by atoms with Gasteiger partial charge in [0.1, 0.15) is 0 Å². The SMILES string of the molecule is NS(=O)(=O)c1ccc(-c2c(N3CCCC3)cc(C(=O)O)cc2S(N)(=O)=O)cc1. The Kier molecular flexibility index (Phi) is 5.19. The van der Waals surface area contributed by atoms with Crippen molar-refractivity contribution >= 4 is 31.7 Å². The minimum Gasteiger partial charge on any atom is -0.478 e. The fourth-order valence-corrected chi connectivity index (χ4v) is 4.57. The van der Waals surface area contributed by atoms with Crippen molar-refractivity contribution in [1.82, 2.24) is 0 Å². The van der Waals surface area contributed by atoms with Crippen LogP contribution in [0.3, 0.4) is 0 Å². The summed E-state index contributed by atoms with van der Waals surface area (Å²) >= 11 is 0. The van der Waals surface area contributed by atoms with Gasteiger partial charge in [-0.1, -0.05) is 12.1 Å². The first-order chi connectivity index (χ1) is 13.0. The molecule has 28 heavy (non-hydrogen) atoms. The zero-order chi connectivity index (χ0) is 20.7. The predicted octanol–water partition coefficient (Wildman–Crippen LogP) is 0.947. The van der Waals surface area contributed by atoms with Crippen molar-refractivity contribution in [2.75, 3.05) is 18.0 Å². The minimum atomic E-state index is -4.26. The number of carboxylic acid groups (broad SMARTS) is 1. The lowest BCUT2D eigenvalue weighted by molar-refractivity contribution is 0.0696. The molecule has 2 aromatic rings. The molecule has 0 amide bonds. The third kappa shape index (κ3) is 4.02. The second-order valence-electron chi connectivity index (χ2n) is 6.48. The molecule has 0 radical (unpaired) electrons. The summed E-state index contributed by atoms with van der Waals surface area (Å²) in [6, 6.07) is 7.78. The van der Waals surface area contributed by atoms with Crippen LogP contribution in [0.1, 0.15) is 23.2 Å². The van der Waals surface area contributed by atoms with Crippen LogP contribution in [-0.4, -0.2) is 41.0 Å². The number of anilines is 1. The maximum absolute atomic E-state index is 12.2. The lowest BCUT2D eigenvalue weighted by Crippen LogP contribution is -2.22. The summed E-state index contributed by atoms with van der Waals surface area (Å²) in [7, 11) is -8.18. The van der Waals surface area contributed by atoms with E-state index >= 15 is 0 Å². The van der Waals surface area contributed by atoms with Crippen molar-refractivity contribution in [3.63, 3.8) is 0 Å². The van der Waals surface area contributed by atoms with E-state index in [4.69, 9.17) is 10.3 Å². The number of nitrogens with two attached hydrogens (primary N) is 2. The molecule has 5 N–H and O–H groups in total. The molecular weight excluding hydrogens is 406 g/mol. The molecule has 0 bridgehead atoms. The van der Waals surface area contributed by atoms with Crippen molar-refractivity contribution in [2.24, 2.45) is 10.3 Å². The highest BCUT2D eigenvalue weighted by Gasteiger charge is 2.26. The molecule has 0 atom stereocenters. The summed E-state index contributed by atoms with van der Waals surface area (Å²) in [6.45, 7) is 1.27. The van der Waals surface area contributed by atoms with Crippen LogP contribution >= 0.6 is 0 Å². The lowest BCUT2D eigenvalue weighted by atomic mass is 10.0. The van der Waals surface area contributed by atoms with Crippen molar-refractivity contribution in [2.45, 2.75) is 22.6 Å². The molecule has 9 nitrogen and oxygen atoms in total. The Hall–Kier alpha value is -2.47. The van der Waals surface area contributed by atoms with Crippen LogP contribution in [-0.2, 0) is 20.0 Å². The van der Waals surface area contributed by atoms with E-state index < -0.39 is 26.0 Å². The second-order valence-corrected chi connectivity index (χ2v) is 9.57. The van der Waals surface area contributed by atoms with Gasteiger partial charge in [-0.15, -0.1) is 0 Å². The smallest absolute Gasteiger partial charge is 0.335 e. The molecule has 1 saturated heterocycles. The number of rotatable bonds is 5. The van der Waals surface area contributed by atoms with Crippen LogP contribution in [0.25, 0.3) is 11.1 Å². The van der Waals surface area contributed by atoms with E-state index in [0.717, 1.165) is 18.9 Å². The number of hydrogen-bond acceptors (Lipinski definition) is 6. The molecule has 0 aliphatic carbocycles. The molecular formula is C17H19N3O6S2. The molecule has 1 aliphatic heterocycles. The van der Waals surface area contributed by atoms with Crippen LogP contribution < -0.4 is 15.2 Å². The van der Waals surface area contributed by atoms with Gasteiger partial charge in [-0.05, 0) is 42.7 Å². The molecule has 11 heteroatoms. The van der Waals surface area contributed by atoms with Gasteiger partial charge in [0.2, 0.25) is 20.0 Å². The predicted molar refractivity (Wildman–Crippen MR) is 103 cm³/mol. The van der Waals surface area contributed by atoms with Gasteiger partial charge in [-0.3, -0.25) is 0 Å². The summed E-state index contributed by atoms with van der Waals surface area (Å²) in [5.74, 6) is -1.28. The van der Waals surface area contributed by atoms with Gasteiger partial charge >= 0.3 is 5.97 Å². The monoisotopic (exact) mass is 425 g/mol. The third-order valence-electron chi connectivity index (χ3n) is 4.55. The van der Waals surface area contributed by atoms with Gasteiger partial charge in [0.05, 0.1) is 15.4 Å². The minimum absolute atomic E-state index is 0.127. The highest BCUT2D eigenvalue weighted by molar-refractivity contribution is 7.89. The number of carboxylic acids is 1. The number of primary sulfonamides is 2. The van der Waals surface area contributed by atoms with Crippen LogP contribution in [0.5, 0.6) is 0 Å². The topological polar surface area (TPSA) is 161 Å². The van der Waals surface area contributed by atoms with Crippen molar-refractivity contribution in [3.8, 4) is 11.1 Å². The Morgan fingerprint density at radius 3 is 1.96 bits per heavy atom. The molecule has 150 valence electrons. The van der Waals surface area contributed by atoms with Gasteiger partial charge < -0.3 is 10.0 Å². The fraction of sp³-hybridized carbons (Fsp3) is 0.235. The Labute approximate surface area is 162 Å². The molecule has 0 spiro atoms. The van der Waals surface area contributed by atoms with Gasteiger partial charge in [0.25, 0.3) is 0 Å². The lowest BCUT2D eigenvalue weighted by Gasteiger charge is -2.24.